The molecule has 0 saturated carbocycles. The number of nitrogens with zero attached hydrogens (tertiary/aromatic N) is 2. The molecule has 1 N–H and O–H groups in total. The van der Waals surface area contributed by atoms with Gasteiger partial charge in [-0.2, -0.15) is 4.31 Å². The first-order valence-corrected chi connectivity index (χ1v) is 10.1. The average molecular weight is 393 g/mol. The Balaban J connectivity index is 1.84. The Morgan fingerprint density at radius 1 is 1.11 bits per heavy atom. The molecular formula is C18H23N3O5S. The van der Waals surface area contributed by atoms with E-state index in [0.717, 1.165) is 16.1 Å². The molecule has 0 aliphatic rings. The van der Waals surface area contributed by atoms with E-state index in [0.29, 0.717) is 18.0 Å². The predicted octanol–water partition coefficient (Wildman–Crippen LogP) is 1.05. The van der Waals surface area contributed by atoms with Crippen molar-refractivity contribution in [1.29, 1.82) is 0 Å². The Kier molecular flexibility index (Phi) is 7.56. The van der Waals surface area contributed by atoms with Crippen LogP contribution < -0.4 is 14.8 Å². The summed E-state index contributed by atoms with van der Waals surface area (Å²) in [6.07, 6.45) is 4.32. The van der Waals surface area contributed by atoms with Gasteiger partial charge in [-0.25, -0.2) is 8.42 Å². The van der Waals surface area contributed by atoms with Crippen molar-refractivity contribution in [3.8, 4) is 11.5 Å². The minimum Gasteiger partial charge on any atom is -0.497 e. The maximum Gasteiger partial charge on any atom is 0.235 e. The molecule has 0 spiro atoms. The summed E-state index contributed by atoms with van der Waals surface area (Å²) in [5, 5.41) is 2.69. The molecule has 146 valence electrons. The number of amides is 1. The first kappa shape index (κ1) is 20.7. The van der Waals surface area contributed by atoms with E-state index in [1.54, 1.807) is 55.9 Å². The van der Waals surface area contributed by atoms with E-state index >= 15 is 0 Å². The summed E-state index contributed by atoms with van der Waals surface area (Å²) in [5.74, 6) is 0.902. The summed E-state index contributed by atoms with van der Waals surface area (Å²) in [5.41, 5.74) is 0.882. The molecule has 9 heteroatoms. The molecule has 0 aliphatic carbocycles. The number of sulfonamides is 1. The normalized spacial score (nSPS) is 11.2. The van der Waals surface area contributed by atoms with E-state index in [1.807, 2.05) is 0 Å². The molecule has 1 aromatic carbocycles. The summed E-state index contributed by atoms with van der Waals surface area (Å²) in [6, 6.07) is 10.5. The molecule has 0 saturated heterocycles. The van der Waals surface area contributed by atoms with Gasteiger partial charge in [0, 0.05) is 25.5 Å². The number of aromatic nitrogens is 1. The molecule has 2 rings (SSSR count). The zero-order valence-corrected chi connectivity index (χ0v) is 16.1. The van der Waals surface area contributed by atoms with E-state index in [4.69, 9.17) is 9.47 Å². The summed E-state index contributed by atoms with van der Waals surface area (Å²) >= 11 is 0. The number of ether oxygens (including phenoxy) is 2. The molecule has 0 unspecified atom stereocenters. The van der Waals surface area contributed by atoms with Crippen LogP contribution in [0.4, 0.5) is 0 Å². The van der Waals surface area contributed by atoms with Gasteiger partial charge in [0.1, 0.15) is 18.1 Å². The minimum absolute atomic E-state index is 0.0630. The Morgan fingerprint density at radius 2 is 1.74 bits per heavy atom. The number of hydrogen-bond donors (Lipinski definition) is 1. The van der Waals surface area contributed by atoms with Gasteiger partial charge in [-0.1, -0.05) is 0 Å². The van der Waals surface area contributed by atoms with Gasteiger partial charge in [-0.3, -0.25) is 9.78 Å². The average Bonchev–Trinajstić information content (AvgIpc) is 2.66. The monoisotopic (exact) mass is 393 g/mol. The van der Waals surface area contributed by atoms with Crippen LogP contribution in [0.3, 0.4) is 0 Å². The van der Waals surface area contributed by atoms with Crippen LogP contribution in [0, 0.1) is 0 Å². The largest absolute Gasteiger partial charge is 0.497 e. The van der Waals surface area contributed by atoms with Gasteiger partial charge >= 0.3 is 0 Å². The molecule has 1 heterocycles. The lowest BCUT2D eigenvalue weighted by atomic mass is 10.3. The maximum atomic E-state index is 12.1. The quantitative estimate of drug-likeness (QED) is 0.648. The highest BCUT2D eigenvalue weighted by atomic mass is 32.2. The highest BCUT2D eigenvalue weighted by Crippen LogP contribution is 2.17. The molecule has 0 atom stereocenters. The SMILES string of the molecule is COc1ccc(OCCN(CC(=O)NCc2ccncc2)S(C)(=O)=O)cc1. The number of methoxy groups -OCH3 is 1. The van der Waals surface area contributed by atoms with E-state index in [9.17, 15) is 13.2 Å². The summed E-state index contributed by atoms with van der Waals surface area (Å²) in [7, 11) is -1.98. The number of nitrogens with one attached hydrogen (secondary N) is 1. The second kappa shape index (κ2) is 9.89. The molecule has 0 fully saturated rings. The Morgan fingerprint density at radius 3 is 2.33 bits per heavy atom. The topological polar surface area (TPSA) is 97.8 Å². The third kappa shape index (κ3) is 7.24. The standard InChI is InChI=1S/C18H23N3O5S/c1-25-16-3-5-17(6-4-16)26-12-11-21(27(2,23)24)14-18(22)20-13-15-7-9-19-10-8-15/h3-10H,11-14H2,1-2H3,(H,20,22). The van der Waals surface area contributed by atoms with Crippen molar-refractivity contribution in [2.75, 3.05) is 33.1 Å². The van der Waals surface area contributed by atoms with Crippen molar-refractivity contribution < 1.29 is 22.7 Å². The van der Waals surface area contributed by atoms with E-state index in [-0.39, 0.29) is 25.6 Å². The fourth-order valence-electron chi connectivity index (χ4n) is 2.22. The van der Waals surface area contributed by atoms with Crippen molar-refractivity contribution in [2.45, 2.75) is 6.54 Å². The van der Waals surface area contributed by atoms with Crippen LogP contribution in [0.25, 0.3) is 0 Å². The number of carbonyl (C=O) groups is 1. The molecule has 1 amide bonds. The summed E-state index contributed by atoms with van der Waals surface area (Å²) < 4.78 is 35.6. The van der Waals surface area contributed by atoms with Gasteiger partial charge < -0.3 is 14.8 Å². The van der Waals surface area contributed by atoms with Crippen LogP contribution in [0.5, 0.6) is 11.5 Å². The Hall–Kier alpha value is -2.65. The molecule has 8 nitrogen and oxygen atoms in total. The second-order valence-electron chi connectivity index (χ2n) is 5.75. The van der Waals surface area contributed by atoms with Gasteiger partial charge in [0.25, 0.3) is 0 Å². The van der Waals surface area contributed by atoms with Crippen LogP contribution >= 0.6 is 0 Å². The van der Waals surface area contributed by atoms with Crippen LogP contribution in [-0.2, 0) is 21.4 Å². The van der Waals surface area contributed by atoms with Crippen LogP contribution in [0.2, 0.25) is 0 Å². The fraction of sp³-hybridized carbons (Fsp3) is 0.333. The number of hydrogen-bond acceptors (Lipinski definition) is 6. The van der Waals surface area contributed by atoms with Crippen molar-refractivity contribution in [2.24, 2.45) is 0 Å². The lowest BCUT2D eigenvalue weighted by molar-refractivity contribution is -0.121. The Labute approximate surface area is 159 Å². The zero-order valence-electron chi connectivity index (χ0n) is 15.3. The molecule has 0 aliphatic heterocycles. The third-order valence-electron chi connectivity index (χ3n) is 3.70. The number of benzene rings is 1. The van der Waals surface area contributed by atoms with Crippen molar-refractivity contribution in [1.82, 2.24) is 14.6 Å². The molecule has 0 bridgehead atoms. The van der Waals surface area contributed by atoms with Gasteiger partial charge in [0.15, 0.2) is 0 Å². The van der Waals surface area contributed by atoms with Gasteiger partial charge in [-0.15, -0.1) is 0 Å². The minimum atomic E-state index is -3.55. The molecule has 27 heavy (non-hydrogen) atoms. The number of rotatable bonds is 10. The first-order chi connectivity index (χ1) is 12.9. The summed E-state index contributed by atoms with van der Waals surface area (Å²) in [4.78, 5) is 16.0. The van der Waals surface area contributed by atoms with E-state index < -0.39 is 10.0 Å². The highest BCUT2D eigenvalue weighted by Gasteiger charge is 2.20. The highest BCUT2D eigenvalue weighted by molar-refractivity contribution is 7.88. The van der Waals surface area contributed by atoms with Gasteiger partial charge in [-0.05, 0) is 42.0 Å². The van der Waals surface area contributed by atoms with Crippen LogP contribution in [0.15, 0.2) is 48.8 Å². The molecule has 2 aromatic rings. The van der Waals surface area contributed by atoms with Crippen LogP contribution in [-0.4, -0.2) is 56.7 Å². The molecule has 0 radical (unpaired) electrons. The maximum absolute atomic E-state index is 12.1. The number of pyridine rings is 1. The van der Waals surface area contributed by atoms with Crippen molar-refractivity contribution in [3.05, 3.63) is 54.4 Å². The summed E-state index contributed by atoms with van der Waals surface area (Å²) in [6.45, 7) is 0.224. The third-order valence-corrected chi connectivity index (χ3v) is 4.95. The van der Waals surface area contributed by atoms with Crippen molar-refractivity contribution >= 4 is 15.9 Å². The van der Waals surface area contributed by atoms with Crippen LogP contribution in [0.1, 0.15) is 5.56 Å². The molecule has 1 aromatic heterocycles. The lowest BCUT2D eigenvalue weighted by Crippen LogP contribution is -2.41. The van der Waals surface area contributed by atoms with Crippen molar-refractivity contribution in [3.63, 3.8) is 0 Å². The zero-order chi connectivity index (χ0) is 19.7. The predicted molar refractivity (Wildman–Crippen MR) is 101 cm³/mol. The molecular weight excluding hydrogens is 370 g/mol. The fourth-order valence-corrected chi connectivity index (χ4v) is 2.97. The van der Waals surface area contributed by atoms with Gasteiger partial charge in [0.2, 0.25) is 15.9 Å². The van der Waals surface area contributed by atoms with Gasteiger partial charge in [0.05, 0.1) is 19.9 Å². The first-order valence-electron chi connectivity index (χ1n) is 8.26. The Bertz CT molecular complexity index is 826. The van der Waals surface area contributed by atoms with E-state index in [2.05, 4.69) is 10.3 Å². The smallest absolute Gasteiger partial charge is 0.235 e. The number of carbonyl (C=O) groups excluding carboxylic acids is 1. The lowest BCUT2D eigenvalue weighted by Gasteiger charge is -2.19. The second-order valence-corrected chi connectivity index (χ2v) is 7.74. The van der Waals surface area contributed by atoms with E-state index in [1.165, 1.54) is 0 Å².